The van der Waals surface area contributed by atoms with Gasteiger partial charge in [-0.3, -0.25) is 14.8 Å². The predicted molar refractivity (Wildman–Crippen MR) is 94.5 cm³/mol. The Kier molecular flexibility index (Phi) is 5.38. The molecule has 132 valence electrons. The van der Waals surface area contributed by atoms with E-state index in [0.717, 1.165) is 30.6 Å². The van der Waals surface area contributed by atoms with Crippen molar-refractivity contribution in [1.29, 1.82) is 0 Å². The number of carbonyl (C=O) groups is 1. The van der Waals surface area contributed by atoms with Crippen molar-refractivity contribution < 1.29 is 9.18 Å². The maximum atomic E-state index is 13.6. The van der Waals surface area contributed by atoms with Crippen LogP contribution in [0.1, 0.15) is 24.5 Å². The van der Waals surface area contributed by atoms with Crippen LogP contribution in [-0.2, 0) is 4.79 Å². The molecule has 1 aromatic carbocycles. The number of halogens is 1. The van der Waals surface area contributed by atoms with Crippen molar-refractivity contribution >= 4 is 5.91 Å². The molecule has 1 atom stereocenters. The number of likely N-dealkylation sites (N-methyl/N-ethyl adjacent to an activating group) is 1. The highest BCUT2D eigenvalue weighted by molar-refractivity contribution is 5.78. The van der Waals surface area contributed by atoms with Crippen LogP contribution in [0, 0.1) is 5.82 Å². The Morgan fingerprint density at radius 3 is 2.88 bits per heavy atom. The summed E-state index contributed by atoms with van der Waals surface area (Å²) in [5, 5.41) is 0. The van der Waals surface area contributed by atoms with Crippen molar-refractivity contribution in [3.8, 4) is 11.3 Å². The number of hydrogen-bond acceptors (Lipinski definition) is 4. The Bertz CT molecular complexity index is 750. The number of benzene rings is 1. The van der Waals surface area contributed by atoms with E-state index in [1.807, 2.05) is 30.0 Å². The minimum atomic E-state index is -0.291. The highest BCUT2D eigenvalue weighted by Crippen LogP contribution is 2.32. The maximum Gasteiger partial charge on any atom is 0.236 e. The molecule has 0 aliphatic carbocycles. The molecular formula is C19H23FN4O. The maximum absolute atomic E-state index is 13.6. The number of aromatic nitrogens is 2. The van der Waals surface area contributed by atoms with E-state index >= 15 is 0 Å². The first-order chi connectivity index (χ1) is 12.0. The quantitative estimate of drug-likeness (QED) is 0.857. The van der Waals surface area contributed by atoms with Crippen molar-refractivity contribution in [2.24, 2.45) is 0 Å². The molecule has 0 radical (unpaired) electrons. The summed E-state index contributed by atoms with van der Waals surface area (Å²) in [5.74, 6) is -0.0433. The lowest BCUT2D eigenvalue weighted by Gasteiger charge is -2.33. The van der Waals surface area contributed by atoms with Gasteiger partial charge in [-0.25, -0.2) is 4.39 Å². The normalized spacial score (nSPS) is 17.8. The van der Waals surface area contributed by atoms with Gasteiger partial charge in [0.1, 0.15) is 5.82 Å². The Morgan fingerprint density at radius 2 is 2.12 bits per heavy atom. The van der Waals surface area contributed by atoms with E-state index < -0.39 is 0 Å². The SMILES string of the molecule is CN(C)CC(=O)N1CCC[C@H](c2nccnc2-c2cccc(F)c2)C1. The largest absolute Gasteiger partial charge is 0.341 e. The highest BCUT2D eigenvalue weighted by atomic mass is 19.1. The van der Waals surface area contributed by atoms with Gasteiger partial charge < -0.3 is 9.80 Å². The van der Waals surface area contributed by atoms with Crippen molar-refractivity contribution in [3.05, 3.63) is 48.2 Å². The third kappa shape index (κ3) is 4.20. The summed E-state index contributed by atoms with van der Waals surface area (Å²) in [6.45, 7) is 1.82. The fourth-order valence-electron chi connectivity index (χ4n) is 3.30. The highest BCUT2D eigenvalue weighted by Gasteiger charge is 2.28. The molecule has 25 heavy (non-hydrogen) atoms. The zero-order valence-corrected chi connectivity index (χ0v) is 14.7. The van der Waals surface area contributed by atoms with Crippen LogP contribution in [0.2, 0.25) is 0 Å². The minimum Gasteiger partial charge on any atom is -0.341 e. The lowest BCUT2D eigenvalue weighted by atomic mass is 9.91. The van der Waals surface area contributed by atoms with E-state index in [1.165, 1.54) is 12.1 Å². The van der Waals surface area contributed by atoms with Gasteiger partial charge in [-0.1, -0.05) is 12.1 Å². The molecule has 1 fully saturated rings. The molecule has 0 N–H and O–H groups in total. The van der Waals surface area contributed by atoms with Crippen LogP contribution >= 0.6 is 0 Å². The van der Waals surface area contributed by atoms with Crippen LogP contribution in [0.4, 0.5) is 4.39 Å². The molecule has 3 rings (SSSR count). The Hall–Kier alpha value is -2.34. The fraction of sp³-hybridized carbons (Fsp3) is 0.421. The molecule has 1 aliphatic heterocycles. The molecule has 0 unspecified atom stereocenters. The van der Waals surface area contributed by atoms with Crippen molar-refractivity contribution in [2.75, 3.05) is 33.7 Å². The number of carbonyl (C=O) groups excluding carboxylic acids is 1. The van der Waals surface area contributed by atoms with Crippen LogP contribution < -0.4 is 0 Å². The molecule has 1 amide bonds. The van der Waals surface area contributed by atoms with Gasteiger partial charge >= 0.3 is 0 Å². The van der Waals surface area contributed by atoms with E-state index in [4.69, 9.17) is 0 Å². The third-order valence-corrected chi connectivity index (χ3v) is 4.44. The molecule has 1 aromatic heterocycles. The Labute approximate surface area is 147 Å². The number of amides is 1. The molecule has 1 aliphatic rings. The number of hydrogen-bond donors (Lipinski definition) is 0. The zero-order chi connectivity index (χ0) is 17.8. The van der Waals surface area contributed by atoms with Gasteiger partial charge in [-0.2, -0.15) is 0 Å². The summed E-state index contributed by atoms with van der Waals surface area (Å²) in [6.07, 6.45) is 5.18. The first-order valence-electron chi connectivity index (χ1n) is 8.54. The van der Waals surface area contributed by atoms with Gasteiger partial charge in [-0.15, -0.1) is 0 Å². The number of nitrogens with zero attached hydrogens (tertiary/aromatic N) is 4. The zero-order valence-electron chi connectivity index (χ0n) is 14.7. The minimum absolute atomic E-state index is 0.117. The predicted octanol–water partition coefficient (Wildman–Crippen LogP) is 2.55. The van der Waals surface area contributed by atoms with Gasteiger partial charge in [0.05, 0.1) is 17.9 Å². The smallest absolute Gasteiger partial charge is 0.236 e. The van der Waals surface area contributed by atoms with Gasteiger partial charge in [-0.05, 0) is 39.1 Å². The average molecular weight is 342 g/mol. The number of piperidine rings is 1. The molecular weight excluding hydrogens is 319 g/mol. The Balaban J connectivity index is 1.85. The summed E-state index contributed by atoms with van der Waals surface area (Å²) < 4.78 is 13.6. The summed E-state index contributed by atoms with van der Waals surface area (Å²) in [7, 11) is 3.79. The molecule has 2 heterocycles. The van der Waals surface area contributed by atoms with Gasteiger partial charge in [0, 0.05) is 37.0 Å². The summed E-state index contributed by atoms with van der Waals surface area (Å²) in [4.78, 5) is 25.1. The summed E-state index contributed by atoms with van der Waals surface area (Å²) in [5.41, 5.74) is 2.27. The van der Waals surface area contributed by atoms with Crippen molar-refractivity contribution in [3.63, 3.8) is 0 Å². The van der Waals surface area contributed by atoms with Crippen molar-refractivity contribution in [1.82, 2.24) is 19.8 Å². The summed E-state index contributed by atoms with van der Waals surface area (Å²) >= 11 is 0. The monoisotopic (exact) mass is 342 g/mol. The van der Waals surface area contributed by atoms with Crippen LogP contribution in [-0.4, -0.2) is 59.4 Å². The number of likely N-dealkylation sites (tertiary alicyclic amines) is 1. The standard InChI is InChI=1S/C19H23FN4O/c1-23(2)13-17(25)24-10-4-6-15(12-24)19-18(21-8-9-22-19)14-5-3-7-16(20)11-14/h3,5,7-9,11,15H,4,6,10,12-13H2,1-2H3/t15-/m0/s1. The summed E-state index contributed by atoms with van der Waals surface area (Å²) in [6, 6.07) is 6.42. The van der Waals surface area contributed by atoms with E-state index in [-0.39, 0.29) is 17.6 Å². The van der Waals surface area contributed by atoms with E-state index in [9.17, 15) is 9.18 Å². The molecule has 0 bridgehead atoms. The first kappa shape index (κ1) is 17.5. The molecule has 2 aromatic rings. The fourth-order valence-corrected chi connectivity index (χ4v) is 3.30. The topological polar surface area (TPSA) is 49.3 Å². The molecule has 0 spiro atoms. The van der Waals surface area contributed by atoms with E-state index in [0.29, 0.717) is 18.8 Å². The second-order valence-electron chi connectivity index (χ2n) is 6.72. The van der Waals surface area contributed by atoms with Crippen LogP contribution in [0.5, 0.6) is 0 Å². The number of rotatable bonds is 4. The Morgan fingerprint density at radius 1 is 1.32 bits per heavy atom. The molecule has 6 heteroatoms. The molecule has 5 nitrogen and oxygen atoms in total. The van der Waals surface area contributed by atoms with Crippen LogP contribution in [0.3, 0.4) is 0 Å². The van der Waals surface area contributed by atoms with Gasteiger partial charge in [0.15, 0.2) is 0 Å². The van der Waals surface area contributed by atoms with Crippen LogP contribution in [0.25, 0.3) is 11.3 Å². The van der Waals surface area contributed by atoms with E-state index in [2.05, 4.69) is 9.97 Å². The lowest BCUT2D eigenvalue weighted by Crippen LogP contribution is -2.43. The first-order valence-corrected chi connectivity index (χ1v) is 8.54. The molecule has 0 saturated carbocycles. The second-order valence-corrected chi connectivity index (χ2v) is 6.72. The lowest BCUT2D eigenvalue weighted by molar-refractivity contribution is -0.133. The second kappa shape index (κ2) is 7.70. The third-order valence-electron chi connectivity index (χ3n) is 4.44. The van der Waals surface area contributed by atoms with Crippen LogP contribution in [0.15, 0.2) is 36.7 Å². The molecule has 1 saturated heterocycles. The van der Waals surface area contributed by atoms with E-state index in [1.54, 1.807) is 18.5 Å². The van der Waals surface area contributed by atoms with Gasteiger partial charge in [0.2, 0.25) is 5.91 Å². The average Bonchev–Trinajstić information content (AvgIpc) is 2.61. The van der Waals surface area contributed by atoms with Gasteiger partial charge in [0.25, 0.3) is 0 Å². The van der Waals surface area contributed by atoms with Crippen molar-refractivity contribution in [2.45, 2.75) is 18.8 Å².